The number of ether oxygens (including phenoxy) is 2. The van der Waals surface area contributed by atoms with Gasteiger partial charge in [-0.2, -0.15) is 8.78 Å². The Kier molecular flexibility index (Phi) is 14.5. The number of hydrogen-bond donors (Lipinski definition) is 7. The molecule has 8 rings (SSSR count). The lowest BCUT2D eigenvalue weighted by Gasteiger charge is -2.30. The van der Waals surface area contributed by atoms with Crippen molar-refractivity contribution in [1.29, 1.82) is 0 Å². The molecule has 70 heavy (non-hydrogen) atoms. The number of pyridine rings is 4. The molecular formula is C47H42Cl2F4N8O9. The van der Waals surface area contributed by atoms with Gasteiger partial charge >= 0.3 is 6.11 Å². The monoisotopic (exact) mass is 1010 g/mol. The van der Waals surface area contributed by atoms with Gasteiger partial charge in [0.25, 0.3) is 22.9 Å². The van der Waals surface area contributed by atoms with Gasteiger partial charge in [-0.25, -0.2) is 8.78 Å². The van der Waals surface area contributed by atoms with Gasteiger partial charge in [0.15, 0.2) is 0 Å². The van der Waals surface area contributed by atoms with Crippen LogP contribution in [0.1, 0.15) is 39.6 Å². The zero-order valence-corrected chi connectivity index (χ0v) is 38.3. The number of fused-ring (bicyclic) bond motifs is 2. The second-order valence-electron chi connectivity index (χ2n) is 16.5. The number of aliphatic hydroxyl groups excluding tert-OH is 3. The van der Waals surface area contributed by atoms with Gasteiger partial charge in [-0.05, 0) is 73.5 Å². The lowest BCUT2D eigenvalue weighted by molar-refractivity contribution is -0.197. The lowest BCUT2D eigenvalue weighted by atomic mass is 9.94. The molecule has 4 aromatic heterocycles. The van der Waals surface area contributed by atoms with Crippen molar-refractivity contribution in [1.82, 2.24) is 29.7 Å². The van der Waals surface area contributed by atoms with Crippen molar-refractivity contribution in [2.45, 2.75) is 51.0 Å². The van der Waals surface area contributed by atoms with E-state index in [1.54, 1.807) is 6.92 Å². The summed E-state index contributed by atoms with van der Waals surface area (Å²) in [5, 5.41) is 39.7. The van der Waals surface area contributed by atoms with E-state index in [0.29, 0.717) is 0 Å². The summed E-state index contributed by atoms with van der Waals surface area (Å²) in [7, 11) is 0. The maximum Gasteiger partial charge on any atom is 0.400 e. The summed E-state index contributed by atoms with van der Waals surface area (Å²) in [6.45, 7) is -0.743. The van der Waals surface area contributed by atoms with E-state index < -0.39 is 90.7 Å². The van der Waals surface area contributed by atoms with E-state index in [2.05, 4.69) is 31.2 Å². The maximum absolute atomic E-state index is 17.1. The largest absolute Gasteiger partial charge is 0.477 e. The molecule has 0 bridgehead atoms. The first-order valence-corrected chi connectivity index (χ1v) is 22.3. The third-order valence-corrected chi connectivity index (χ3v) is 11.9. The van der Waals surface area contributed by atoms with Gasteiger partial charge in [-0.3, -0.25) is 38.3 Å². The number of nitrogens with zero attached hydrogens (tertiary/aromatic N) is 4. The number of anilines is 4. The normalized spacial score (nSPS) is 15.2. The molecule has 2 unspecified atom stereocenters. The molecular weight excluding hydrogens is 967 g/mol. The highest BCUT2D eigenvalue weighted by atomic mass is 35.5. The molecule has 2 atom stereocenters. The summed E-state index contributed by atoms with van der Waals surface area (Å²) in [4.78, 5) is 62.9. The Bertz CT molecular complexity index is 3140. The third-order valence-electron chi connectivity index (χ3n) is 11.5. The molecule has 0 aliphatic carbocycles. The lowest BCUT2D eigenvalue weighted by Crippen LogP contribution is -2.40. The van der Waals surface area contributed by atoms with E-state index in [1.165, 1.54) is 65.6 Å². The smallest absolute Gasteiger partial charge is 0.400 e. The Morgan fingerprint density at radius 1 is 0.771 bits per heavy atom. The van der Waals surface area contributed by atoms with Crippen LogP contribution < -0.4 is 41.9 Å². The van der Waals surface area contributed by atoms with Crippen molar-refractivity contribution in [2.24, 2.45) is 5.92 Å². The molecule has 0 spiro atoms. The fraction of sp³-hybridized carbons (Fsp3) is 0.277. The van der Waals surface area contributed by atoms with Crippen LogP contribution in [0.4, 0.5) is 40.3 Å². The van der Waals surface area contributed by atoms with Gasteiger partial charge in [-0.15, -0.1) is 0 Å². The zero-order chi connectivity index (χ0) is 50.0. The van der Waals surface area contributed by atoms with Crippen molar-refractivity contribution in [3.8, 4) is 34.0 Å². The van der Waals surface area contributed by atoms with E-state index in [4.69, 9.17) is 32.7 Å². The number of halogens is 6. The number of aliphatic hydroxyl groups is 3. The first-order chi connectivity index (χ1) is 33.5. The molecule has 0 radical (unpaired) electrons. The molecule has 6 aromatic rings. The predicted octanol–water partition coefficient (Wildman–Crippen LogP) is 6.03. The van der Waals surface area contributed by atoms with E-state index in [1.807, 2.05) is 0 Å². The molecule has 7 N–H and O–H groups in total. The second-order valence-corrected chi connectivity index (χ2v) is 17.4. The first-order valence-electron chi connectivity index (χ1n) is 21.5. The molecule has 6 heterocycles. The molecule has 0 saturated heterocycles. The van der Waals surface area contributed by atoms with Gasteiger partial charge in [0, 0.05) is 71.0 Å². The van der Waals surface area contributed by atoms with Crippen LogP contribution in [0.2, 0.25) is 10.0 Å². The number of hydrogen-bond acceptors (Lipinski definition) is 13. The Morgan fingerprint density at radius 2 is 1.37 bits per heavy atom. The van der Waals surface area contributed by atoms with Gasteiger partial charge in [-0.1, -0.05) is 23.2 Å². The number of carbonyl (C=O) groups is 2. The van der Waals surface area contributed by atoms with Crippen LogP contribution in [-0.4, -0.2) is 90.9 Å². The van der Waals surface area contributed by atoms with Gasteiger partial charge in [0.2, 0.25) is 11.8 Å². The average Bonchev–Trinajstić information content (AvgIpc) is 3.34. The summed E-state index contributed by atoms with van der Waals surface area (Å²) in [6.07, 6.45) is 0.352. The van der Waals surface area contributed by atoms with Gasteiger partial charge in [0.05, 0.1) is 72.5 Å². The number of rotatable bonds is 15. The van der Waals surface area contributed by atoms with E-state index in [9.17, 15) is 43.3 Å². The molecule has 2 aliphatic rings. The number of benzene rings is 2. The summed E-state index contributed by atoms with van der Waals surface area (Å²) in [5.74, 6) is -4.38. The molecule has 2 aromatic carbocycles. The van der Waals surface area contributed by atoms with Crippen molar-refractivity contribution >= 4 is 57.8 Å². The summed E-state index contributed by atoms with van der Waals surface area (Å²) in [5.41, 5.74) is -2.61. The van der Waals surface area contributed by atoms with Crippen LogP contribution in [0, 0.1) is 17.6 Å². The topological polar surface area (TPSA) is 231 Å². The number of carbonyl (C=O) groups excluding carboxylic acids is 2. The Morgan fingerprint density at radius 3 is 2.01 bits per heavy atom. The van der Waals surface area contributed by atoms with Gasteiger partial charge < -0.3 is 46.1 Å². The quantitative estimate of drug-likeness (QED) is 0.0584. The Hall–Kier alpha value is -7.04. The van der Waals surface area contributed by atoms with Crippen molar-refractivity contribution < 1.29 is 51.9 Å². The van der Waals surface area contributed by atoms with Crippen molar-refractivity contribution in [3.05, 3.63) is 138 Å². The molecule has 23 heteroatoms. The summed E-state index contributed by atoms with van der Waals surface area (Å²) >= 11 is 12.9. The van der Waals surface area contributed by atoms with Crippen molar-refractivity contribution in [2.75, 3.05) is 37.1 Å². The minimum Gasteiger partial charge on any atom is -0.477 e. The first kappa shape index (κ1) is 49.4. The van der Waals surface area contributed by atoms with Crippen LogP contribution >= 0.6 is 23.2 Å². The predicted molar refractivity (Wildman–Crippen MR) is 250 cm³/mol. The highest BCUT2D eigenvalue weighted by Crippen LogP contribution is 2.41. The van der Waals surface area contributed by atoms with E-state index in [-0.39, 0.29) is 104 Å². The number of amides is 2. The second kappa shape index (κ2) is 20.5. The molecule has 0 saturated carbocycles. The Balaban J connectivity index is 1.17. The SMILES string of the molecule is CC(CO)NC(=O)c1cnccc1Nc1cc(-c2cc(Cl)ccc2F)c(=O)n2c1OCC(Cc1cc(Cl)cc(-c3cc(Nc4ccncc4C(=O)NC(CO)CO)c4n(c3=O)CCC(F)(F)O4)c1F)C2. The molecule has 2 amide bonds. The summed E-state index contributed by atoms with van der Waals surface area (Å²) < 4.78 is 75.5. The van der Waals surface area contributed by atoms with Crippen LogP contribution in [0.25, 0.3) is 22.3 Å². The fourth-order valence-corrected chi connectivity index (χ4v) is 8.40. The highest BCUT2D eigenvalue weighted by Gasteiger charge is 2.39. The fourth-order valence-electron chi connectivity index (χ4n) is 7.99. The standard InChI is InChI=1S/C47H42Cl2F4N8O9/c1-23(19-62)56-41(65)33-16-54-7-4-36(33)58-38-14-31(29-12-26(48)2-3-35(29)50)44(68)61-18-24(22-69-45(38)61)10-25-11-27(49)13-30(40(25)51)32-15-39(46-60(43(32)67)9-6-47(52,53)70-46)59-37-5-8-55-17-34(37)42(66)57-28(20-63)21-64/h2-5,7-8,11-17,23-24,28,62-64H,6,9-10,18-22H2,1H3,(H,54,58)(H,55,59)(H,56,65)(H,57,66). The van der Waals surface area contributed by atoms with Crippen LogP contribution in [-0.2, 0) is 19.5 Å². The molecule has 2 aliphatic heterocycles. The maximum atomic E-state index is 17.1. The summed E-state index contributed by atoms with van der Waals surface area (Å²) in [6, 6.07) is 9.78. The minimum atomic E-state index is -3.72. The molecule has 366 valence electrons. The van der Waals surface area contributed by atoms with E-state index >= 15 is 8.78 Å². The number of nitrogens with one attached hydrogen (secondary N) is 4. The van der Waals surface area contributed by atoms with Crippen molar-refractivity contribution in [3.63, 3.8) is 0 Å². The van der Waals surface area contributed by atoms with Crippen LogP contribution in [0.15, 0.2) is 89.0 Å². The molecule has 0 fully saturated rings. The average molecular weight is 1010 g/mol. The third kappa shape index (κ3) is 10.3. The zero-order valence-electron chi connectivity index (χ0n) is 36.7. The minimum absolute atomic E-state index is 0.00191. The Labute approximate surface area is 404 Å². The number of aromatic nitrogens is 4. The van der Waals surface area contributed by atoms with Crippen LogP contribution in [0.5, 0.6) is 11.8 Å². The van der Waals surface area contributed by atoms with Crippen LogP contribution in [0.3, 0.4) is 0 Å². The number of alkyl halides is 2. The van der Waals surface area contributed by atoms with Gasteiger partial charge in [0.1, 0.15) is 23.0 Å². The van der Waals surface area contributed by atoms with E-state index in [0.717, 1.165) is 22.9 Å². The molecule has 17 nitrogen and oxygen atoms in total. The highest BCUT2D eigenvalue weighted by molar-refractivity contribution is 6.31.